The molecule has 4 heteroatoms. The summed E-state index contributed by atoms with van der Waals surface area (Å²) < 4.78 is 0. The Morgan fingerprint density at radius 3 is 2.61 bits per heavy atom. The molecule has 0 unspecified atom stereocenters. The molecule has 0 aliphatic carbocycles. The fraction of sp³-hybridized carbons (Fsp3) is 0.571. The van der Waals surface area contributed by atoms with E-state index >= 15 is 0 Å². The first-order chi connectivity index (χ1) is 8.67. The summed E-state index contributed by atoms with van der Waals surface area (Å²) in [4.78, 5) is 17.9. The van der Waals surface area contributed by atoms with Crippen LogP contribution in [0, 0.1) is 6.92 Å². The van der Waals surface area contributed by atoms with Gasteiger partial charge in [-0.2, -0.15) is 0 Å². The quantitative estimate of drug-likeness (QED) is 0.749. The first-order valence-corrected chi connectivity index (χ1v) is 6.57. The molecule has 1 amide bonds. The number of aryl methyl sites for hydroxylation is 1. The Morgan fingerprint density at radius 1 is 1.33 bits per heavy atom. The largest absolute Gasteiger partial charge is 0.343 e. The summed E-state index contributed by atoms with van der Waals surface area (Å²) in [5.74, 6) is 0.212. The number of amides is 1. The van der Waals surface area contributed by atoms with Crippen LogP contribution in [0.3, 0.4) is 0 Å². The molecule has 0 atom stereocenters. The average Bonchev–Trinajstić information content (AvgIpc) is 2.38. The van der Waals surface area contributed by atoms with Crippen molar-refractivity contribution in [3.8, 4) is 0 Å². The topological polar surface area (TPSA) is 45.2 Å². The summed E-state index contributed by atoms with van der Waals surface area (Å²) in [7, 11) is 0. The van der Waals surface area contributed by atoms with Crippen LogP contribution in [0.1, 0.15) is 31.5 Å². The third-order valence-electron chi connectivity index (χ3n) is 2.91. The first kappa shape index (κ1) is 14.6. The van der Waals surface area contributed by atoms with Gasteiger partial charge in [0.1, 0.15) is 0 Å². The maximum atomic E-state index is 11.7. The van der Waals surface area contributed by atoms with Crippen LogP contribution in [0.5, 0.6) is 0 Å². The van der Waals surface area contributed by atoms with Gasteiger partial charge in [-0.3, -0.25) is 9.78 Å². The molecular weight excluding hydrogens is 226 g/mol. The molecule has 0 saturated heterocycles. The van der Waals surface area contributed by atoms with Crippen LogP contribution >= 0.6 is 0 Å². The molecule has 1 aromatic rings. The zero-order chi connectivity index (χ0) is 13.4. The third kappa shape index (κ3) is 4.84. The molecule has 1 aromatic heterocycles. The van der Waals surface area contributed by atoms with Crippen LogP contribution in [0.25, 0.3) is 0 Å². The molecule has 1 N–H and O–H groups in total. The summed E-state index contributed by atoms with van der Waals surface area (Å²) in [5.41, 5.74) is 2.17. The molecule has 100 valence electrons. The van der Waals surface area contributed by atoms with E-state index in [1.54, 1.807) is 0 Å². The van der Waals surface area contributed by atoms with E-state index in [2.05, 4.69) is 10.3 Å². The van der Waals surface area contributed by atoms with E-state index in [4.69, 9.17) is 0 Å². The highest BCUT2D eigenvalue weighted by molar-refractivity contribution is 5.76. The lowest BCUT2D eigenvalue weighted by atomic mass is 10.2. The highest BCUT2D eigenvalue weighted by Gasteiger charge is 2.08. The maximum Gasteiger partial charge on any atom is 0.223 e. The molecule has 0 radical (unpaired) electrons. The Bertz CT molecular complexity index is 358. The molecule has 0 aromatic carbocycles. The van der Waals surface area contributed by atoms with Crippen LogP contribution in [0.15, 0.2) is 18.3 Å². The predicted octanol–water partition coefficient (Wildman–Crippen LogP) is 1.74. The number of rotatable bonds is 7. The van der Waals surface area contributed by atoms with Gasteiger partial charge in [-0.25, -0.2) is 0 Å². The second-order valence-electron chi connectivity index (χ2n) is 4.32. The Balaban J connectivity index is 2.22. The van der Waals surface area contributed by atoms with E-state index < -0.39 is 0 Å². The van der Waals surface area contributed by atoms with E-state index in [9.17, 15) is 4.79 Å². The van der Waals surface area contributed by atoms with Gasteiger partial charge in [0, 0.05) is 38.8 Å². The van der Waals surface area contributed by atoms with Crippen molar-refractivity contribution in [1.29, 1.82) is 0 Å². The molecule has 0 aliphatic rings. The van der Waals surface area contributed by atoms with Gasteiger partial charge in [-0.15, -0.1) is 0 Å². The van der Waals surface area contributed by atoms with E-state index in [-0.39, 0.29) is 5.91 Å². The fourth-order valence-corrected chi connectivity index (χ4v) is 1.75. The van der Waals surface area contributed by atoms with Crippen LogP contribution < -0.4 is 5.32 Å². The normalized spacial score (nSPS) is 10.4. The lowest BCUT2D eigenvalue weighted by Crippen LogP contribution is -2.32. The van der Waals surface area contributed by atoms with Crippen LogP contribution in [0.2, 0.25) is 0 Å². The third-order valence-corrected chi connectivity index (χ3v) is 2.91. The van der Waals surface area contributed by atoms with Crippen molar-refractivity contribution in [2.45, 2.75) is 33.7 Å². The number of hydrogen-bond donors (Lipinski definition) is 1. The van der Waals surface area contributed by atoms with Crippen molar-refractivity contribution in [3.05, 3.63) is 29.6 Å². The van der Waals surface area contributed by atoms with E-state index in [1.807, 2.05) is 44.0 Å². The summed E-state index contributed by atoms with van der Waals surface area (Å²) in [6.07, 6.45) is 2.41. The summed E-state index contributed by atoms with van der Waals surface area (Å²) in [5, 5.41) is 3.25. The van der Waals surface area contributed by atoms with Crippen molar-refractivity contribution in [1.82, 2.24) is 15.2 Å². The molecule has 1 heterocycles. The number of carbonyl (C=O) groups excluding carboxylic acids is 1. The second-order valence-corrected chi connectivity index (χ2v) is 4.32. The highest BCUT2D eigenvalue weighted by atomic mass is 16.2. The van der Waals surface area contributed by atoms with Gasteiger partial charge in [0.05, 0.1) is 5.69 Å². The SMILES string of the molecule is CCN(CC)C(=O)CCNCc1ccc(C)cn1. The van der Waals surface area contributed by atoms with Crippen molar-refractivity contribution < 1.29 is 4.79 Å². The molecule has 0 bridgehead atoms. The molecule has 1 rings (SSSR count). The molecular formula is C14H23N3O. The predicted molar refractivity (Wildman–Crippen MR) is 73.2 cm³/mol. The lowest BCUT2D eigenvalue weighted by molar-refractivity contribution is -0.130. The first-order valence-electron chi connectivity index (χ1n) is 6.57. The molecule has 0 saturated carbocycles. The summed E-state index contributed by atoms with van der Waals surface area (Å²) in [6.45, 7) is 9.02. The van der Waals surface area contributed by atoms with Gasteiger partial charge < -0.3 is 10.2 Å². The Morgan fingerprint density at radius 2 is 2.06 bits per heavy atom. The standard InChI is InChI=1S/C14H23N3O/c1-4-17(5-2)14(18)8-9-15-11-13-7-6-12(3)10-16-13/h6-7,10,15H,4-5,8-9,11H2,1-3H3. The van der Waals surface area contributed by atoms with Crippen LogP contribution in [-0.4, -0.2) is 35.4 Å². The summed E-state index contributed by atoms with van der Waals surface area (Å²) in [6, 6.07) is 4.06. The van der Waals surface area contributed by atoms with Gasteiger partial charge in [-0.1, -0.05) is 6.07 Å². The highest BCUT2D eigenvalue weighted by Crippen LogP contribution is 1.98. The Kier molecular flexibility index (Phi) is 6.36. The van der Waals surface area contributed by atoms with Crippen LogP contribution in [0.4, 0.5) is 0 Å². The van der Waals surface area contributed by atoms with Gasteiger partial charge in [-0.05, 0) is 32.4 Å². The number of nitrogens with one attached hydrogen (secondary N) is 1. The minimum Gasteiger partial charge on any atom is -0.343 e. The monoisotopic (exact) mass is 249 g/mol. The summed E-state index contributed by atoms with van der Waals surface area (Å²) >= 11 is 0. The molecule has 4 nitrogen and oxygen atoms in total. The minimum atomic E-state index is 0.212. The average molecular weight is 249 g/mol. The molecule has 0 fully saturated rings. The molecule has 0 aliphatic heterocycles. The van der Waals surface area contributed by atoms with Gasteiger partial charge >= 0.3 is 0 Å². The molecule has 0 spiro atoms. The van der Waals surface area contributed by atoms with E-state index in [0.717, 1.165) is 24.3 Å². The van der Waals surface area contributed by atoms with Gasteiger partial charge in [0.2, 0.25) is 5.91 Å². The van der Waals surface area contributed by atoms with Crippen LogP contribution in [-0.2, 0) is 11.3 Å². The zero-order valence-corrected chi connectivity index (χ0v) is 11.6. The van der Waals surface area contributed by atoms with Crippen molar-refractivity contribution in [2.75, 3.05) is 19.6 Å². The maximum absolute atomic E-state index is 11.7. The smallest absolute Gasteiger partial charge is 0.223 e. The Labute approximate surface area is 109 Å². The second kappa shape index (κ2) is 7.82. The van der Waals surface area contributed by atoms with E-state index in [0.29, 0.717) is 19.5 Å². The number of carbonyl (C=O) groups is 1. The van der Waals surface area contributed by atoms with Gasteiger partial charge in [0.25, 0.3) is 0 Å². The number of hydrogen-bond acceptors (Lipinski definition) is 3. The van der Waals surface area contributed by atoms with Crippen molar-refractivity contribution in [3.63, 3.8) is 0 Å². The van der Waals surface area contributed by atoms with E-state index in [1.165, 1.54) is 0 Å². The van der Waals surface area contributed by atoms with Crippen molar-refractivity contribution in [2.24, 2.45) is 0 Å². The number of pyridine rings is 1. The lowest BCUT2D eigenvalue weighted by Gasteiger charge is -2.18. The van der Waals surface area contributed by atoms with Gasteiger partial charge in [0.15, 0.2) is 0 Å². The fourth-order valence-electron chi connectivity index (χ4n) is 1.75. The number of nitrogens with zero attached hydrogens (tertiary/aromatic N) is 2. The zero-order valence-electron chi connectivity index (χ0n) is 11.6. The Hall–Kier alpha value is -1.42. The molecule has 18 heavy (non-hydrogen) atoms. The minimum absolute atomic E-state index is 0.212. The van der Waals surface area contributed by atoms with Crippen molar-refractivity contribution >= 4 is 5.91 Å². The number of aromatic nitrogens is 1.